The van der Waals surface area contributed by atoms with Crippen LogP contribution in [0, 0.1) is 0 Å². The van der Waals surface area contributed by atoms with Crippen LogP contribution in [0.2, 0.25) is 0 Å². The van der Waals surface area contributed by atoms with Crippen molar-refractivity contribution in [1.29, 1.82) is 0 Å². The molecule has 1 saturated carbocycles. The van der Waals surface area contributed by atoms with E-state index in [-0.39, 0.29) is 24.3 Å². The van der Waals surface area contributed by atoms with Gasteiger partial charge in [0.15, 0.2) is 0 Å². The second kappa shape index (κ2) is 6.39. The molecule has 0 spiro atoms. The van der Waals surface area contributed by atoms with E-state index in [1.54, 1.807) is 11.7 Å². The summed E-state index contributed by atoms with van der Waals surface area (Å²) in [4.78, 5) is 27.5. The SMILES string of the molecule is CCc1nc(=O)n(C2CC(OC)C2)c(CC)c1CC(=O)O. The van der Waals surface area contributed by atoms with Gasteiger partial charge >= 0.3 is 11.7 Å². The molecule has 0 aromatic carbocycles. The van der Waals surface area contributed by atoms with E-state index in [0.29, 0.717) is 24.1 Å². The molecule has 1 fully saturated rings. The molecule has 2 rings (SSSR count). The molecule has 21 heavy (non-hydrogen) atoms. The maximum absolute atomic E-state index is 12.3. The van der Waals surface area contributed by atoms with Gasteiger partial charge in [-0.1, -0.05) is 13.8 Å². The number of rotatable bonds is 6. The summed E-state index contributed by atoms with van der Waals surface area (Å²) in [5.74, 6) is -0.894. The minimum Gasteiger partial charge on any atom is -0.481 e. The van der Waals surface area contributed by atoms with Gasteiger partial charge in [-0.3, -0.25) is 9.36 Å². The lowest BCUT2D eigenvalue weighted by molar-refractivity contribution is -0.136. The average Bonchev–Trinajstić information content (AvgIpc) is 2.39. The van der Waals surface area contributed by atoms with E-state index in [1.165, 1.54) is 0 Å². The summed E-state index contributed by atoms with van der Waals surface area (Å²) < 4.78 is 6.95. The Kier molecular flexibility index (Phi) is 4.77. The zero-order chi connectivity index (χ0) is 15.6. The monoisotopic (exact) mass is 294 g/mol. The lowest BCUT2D eigenvalue weighted by atomic mass is 9.88. The Bertz CT molecular complexity index is 588. The van der Waals surface area contributed by atoms with Gasteiger partial charge < -0.3 is 9.84 Å². The number of carbonyl (C=O) groups is 1. The van der Waals surface area contributed by atoms with Crippen molar-refractivity contribution in [2.45, 2.75) is 58.1 Å². The molecule has 0 bridgehead atoms. The van der Waals surface area contributed by atoms with Gasteiger partial charge in [0.25, 0.3) is 0 Å². The average molecular weight is 294 g/mol. The molecule has 1 aromatic rings. The van der Waals surface area contributed by atoms with Crippen molar-refractivity contribution in [1.82, 2.24) is 9.55 Å². The third-order valence-corrected chi connectivity index (χ3v) is 4.19. The summed E-state index contributed by atoms with van der Waals surface area (Å²) in [5.41, 5.74) is 1.86. The molecule has 6 heteroatoms. The fourth-order valence-electron chi connectivity index (χ4n) is 3.01. The van der Waals surface area contributed by atoms with Gasteiger partial charge in [-0.2, -0.15) is 4.98 Å². The fourth-order valence-corrected chi connectivity index (χ4v) is 3.01. The van der Waals surface area contributed by atoms with E-state index < -0.39 is 5.97 Å². The van der Waals surface area contributed by atoms with Crippen LogP contribution in [-0.2, 0) is 28.8 Å². The highest BCUT2D eigenvalue weighted by molar-refractivity contribution is 5.71. The van der Waals surface area contributed by atoms with Crippen LogP contribution in [0.1, 0.15) is 49.7 Å². The predicted octanol–water partition coefficient (Wildman–Crippen LogP) is 1.35. The van der Waals surface area contributed by atoms with Crippen LogP contribution in [-0.4, -0.2) is 33.8 Å². The number of aromatic nitrogens is 2. The van der Waals surface area contributed by atoms with E-state index in [2.05, 4.69) is 4.98 Å². The Morgan fingerprint density at radius 1 is 1.38 bits per heavy atom. The van der Waals surface area contributed by atoms with E-state index in [9.17, 15) is 9.59 Å². The fraction of sp³-hybridized carbons (Fsp3) is 0.667. The molecule has 6 nitrogen and oxygen atoms in total. The summed E-state index contributed by atoms with van der Waals surface area (Å²) in [6.45, 7) is 3.84. The second-order valence-electron chi connectivity index (χ2n) is 5.40. The molecule has 0 amide bonds. The molecule has 116 valence electrons. The third-order valence-electron chi connectivity index (χ3n) is 4.19. The summed E-state index contributed by atoms with van der Waals surface area (Å²) in [6.07, 6.45) is 2.85. The van der Waals surface area contributed by atoms with Crippen molar-refractivity contribution in [3.05, 3.63) is 27.4 Å². The normalized spacial score (nSPS) is 21.1. The van der Waals surface area contributed by atoms with Crippen LogP contribution >= 0.6 is 0 Å². The van der Waals surface area contributed by atoms with E-state index in [0.717, 1.165) is 18.5 Å². The minimum absolute atomic E-state index is 0.0725. The maximum Gasteiger partial charge on any atom is 0.348 e. The maximum atomic E-state index is 12.3. The number of carboxylic acids is 1. The van der Waals surface area contributed by atoms with Gasteiger partial charge in [0.1, 0.15) is 0 Å². The van der Waals surface area contributed by atoms with Gasteiger partial charge in [-0.05, 0) is 25.7 Å². The van der Waals surface area contributed by atoms with Crippen LogP contribution in [0.4, 0.5) is 0 Å². The molecule has 0 aliphatic heterocycles. The lowest BCUT2D eigenvalue weighted by Gasteiger charge is -2.37. The highest BCUT2D eigenvalue weighted by Gasteiger charge is 2.33. The molecule has 0 atom stereocenters. The number of ether oxygens (including phenoxy) is 1. The predicted molar refractivity (Wildman–Crippen MR) is 77.7 cm³/mol. The summed E-state index contributed by atoms with van der Waals surface area (Å²) in [6, 6.07) is 0.0725. The zero-order valence-electron chi connectivity index (χ0n) is 12.8. The zero-order valence-corrected chi connectivity index (χ0v) is 12.8. The van der Waals surface area contributed by atoms with Crippen LogP contribution in [0.5, 0.6) is 0 Å². The van der Waals surface area contributed by atoms with Crippen LogP contribution in [0.3, 0.4) is 0 Å². The standard InChI is InChI=1S/C15H22N2O4/c1-4-12-11(8-14(18)19)13(5-2)17(15(20)16-12)9-6-10(7-9)21-3/h9-10H,4-8H2,1-3H3,(H,18,19). The Balaban J connectivity index is 2.49. The van der Waals surface area contributed by atoms with Crippen molar-refractivity contribution < 1.29 is 14.6 Å². The first-order valence-electron chi connectivity index (χ1n) is 7.39. The van der Waals surface area contributed by atoms with Crippen molar-refractivity contribution in [3.63, 3.8) is 0 Å². The molecule has 1 heterocycles. The number of aliphatic carboxylic acids is 1. The quantitative estimate of drug-likeness (QED) is 0.856. The largest absolute Gasteiger partial charge is 0.481 e. The highest BCUT2D eigenvalue weighted by Crippen LogP contribution is 2.34. The van der Waals surface area contributed by atoms with Gasteiger partial charge in [0.05, 0.1) is 18.2 Å². The first kappa shape index (κ1) is 15.7. The molecule has 1 aliphatic rings. The summed E-state index contributed by atoms with van der Waals surface area (Å²) in [5, 5.41) is 9.12. The molecule has 0 saturated heterocycles. The molecule has 0 radical (unpaired) electrons. The number of aryl methyl sites for hydroxylation is 1. The van der Waals surface area contributed by atoms with Gasteiger partial charge in [-0.15, -0.1) is 0 Å². The first-order chi connectivity index (χ1) is 10.0. The van der Waals surface area contributed by atoms with Crippen molar-refractivity contribution in [3.8, 4) is 0 Å². The van der Waals surface area contributed by atoms with E-state index in [1.807, 2.05) is 13.8 Å². The van der Waals surface area contributed by atoms with Crippen LogP contribution in [0.25, 0.3) is 0 Å². The van der Waals surface area contributed by atoms with Crippen molar-refractivity contribution in [2.24, 2.45) is 0 Å². The van der Waals surface area contributed by atoms with Crippen molar-refractivity contribution in [2.75, 3.05) is 7.11 Å². The number of carboxylic acid groups (broad SMARTS) is 1. The third kappa shape index (κ3) is 3.00. The highest BCUT2D eigenvalue weighted by atomic mass is 16.5. The minimum atomic E-state index is -0.894. The van der Waals surface area contributed by atoms with Gasteiger partial charge in [0.2, 0.25) is 0 Å². The van der Waals surface area contributed by atoms with Crippen molar-refractivity contribution >= 4 is 5.97 Å². The number of hydrogen-bond acceptors (Lipinski definition) is 4. The van der Waals surface area contributed by atoms with E-state index >= 15 is 0 Å². The lowest BCUT2D eigenvalue weighted by Crippen LogP contribution is -2.41. The molecule has 1 aliphatic carbocycles. The molecule has 1 N–H and O–H groups in total. The number of nitrogens with zero attached hydrogens (tertiary/aromatic N) is 2. The Morgan fingerprint density at radius 2 is 2.05 bits per heavy atom. The second-order valence-corrected chi connectivity index (χ2v) is 5.40. The molecular formula is C15H22N2O4. The molecule has 1 aromatic heterocycles. The number of methoxy groups -OCH3 is 1. The Labute approximate surface area is 123 Å². The van der Waals surface area contributed by atoms with E-state index in [4.69, 9.17) is 9.84 Å². The topological polar surface area (TPSA) is 81.4 Å². The molecular weight excluding hydrogens is 272 g/mol. The Morgan fingerprint density at radius 3 is 2.52 bits per heavy atom. The van der Waals surface area contributed by atoms with Crippen LogP contribution in [0.15, 0.2) is 4.79 Å². The van der Waals surface area contributed by atoms with Crippen LogP contribution < -0.4 is 5.69 Å². The Hall–Kier alpha value is -1.69. The smallest absolute Gasteiger partial charge is 0.348 e. The van der Waals surface area contributed by atoms with Gasteiger partial charge in [0, 0.05) is 24.4 Å². The number of hydrogen-bond donors (Lipinski definition) is 1. The molecule has 0 unspecified atom stereocenters. The summed E-state index contributed by atoms with van der Waals surface area (Å²) in [7, 11) is 1.67. The summed E-state index contributed by atoms with van der Waals surface area (Å²) >= 11 is 0. The van der Waals surface area contributed by atoms with Gasteiger partial charge in [-0.25, -0.2) is 4.79 Å². The first-order valence-corrected chi connectivity index (χ1v) is 7.39.